The molecule has 1 fully saturated rings. The Morgan fingerprint density at radius 2 is 2.00 bits per heavy atom. The van der Waals surface area contributed by atoms with Crippen molar-refractivity contribution in [2.75, 3.05) is 12.4 Å². The standard InChI is InChI=1S/C17H20N4O2/c1-18-16-13(5-4-8-20-16)17(23)21-15(11-9-12(22)10-11)14-6-2-3-7-19-14/h2-8,11-12,15,22H,9-10H2,1H3,(H,18,20)(H,21,23). The number of nitrogens with zero attached hydrogens (tertiary/aromatic N) is 2. The minimum atomic E-state index is -0.283. The number of pyridine rings is 2. The van der Waals surface area contributed by atoms with E-state index in [1.54, 1.807) is 31.6 Å². The van der Waals surface area contributed by atoms with Gasteiger partial charge >= 0.3 is 0 Å². The fraction of sp³-hybridized carbons (Fsp3) is 0.353. The van der Waals surface area contributed by atoms with Gasteiger partial charge in [-0.2, -0.15) is 0 Å². The molecule has 0 bridgehead atoms. The highest BCUT2D eigenvalue weighted by Crippen LogP contribution is 2.37. The van der Waals surface area contributed by atoms with Crippen LogP contribution in [0.1, 0.15) is 34.9 Å². The molecule has 120 valence electrons. The topological polar surface area (TPSA) is 87.1 Å². The SMILES string of the molecule is CNc1ncccc1C(=O)NC(c1ccccn1)C1CC(O)C1. The largest absolute Gasteiger partial charge is 0.393 e. The summed E-state index contributed by atoms with van der Waals surface area (Å²) in [6.07, 6.45) is 4.42. The number of hydrogen-bond donors (Lipinski definition) is 3. The maximum absolute atomic E-state index is 12.7. The highest BCUT2D eigenvalue weighted by atomic mass is 16.3. The highest BCUT2D eigenvalue weighted by Gasteiger charge is 2.36. The van der Waals surface area contributed by atoms with Crippen LogP contribution in [0.4, 0.5) is 5.82 Å². The van der Waals surface area contributed by atoms with Crippen LogP contribution in [0, 0.1) is 5.92 Å². The second-order valence-electron chi connectivity index (χ2n) is 5.74. The summed E-state index contributed by atoms with van der Waals surface area (Å²) in [5.41, 5.74) is 1.31. The van der Waals surface area contributed by atoms with E-state index in [2.05, 4.69) is 20.6 Å². The molecule has 6 heteroatoms. The summed E-state index contributed by atoms with van der Waals surface area (Å²) in [5.74, 6) is 0.538. The van der Waals surface area contributed by atoms with E-state index in [0.29, 0.717) is 24.2 Å². The predicted octanol–water partition coefficient (Wildman–Crippen LogP) is 1.76. The first kappa shape index (κ1) is 15.4. The van der Waals surface area contributed by atoms with Crippen molar-refractivity contribution in [2.24, 2.45) is 5.92 Å². The lowest BCUT2D eigenvalue weighted by molar-refractivity contribution is 0.0228. The van der Waals surface area contributed by atoms with Crippen LogP contribution in [0.5, 0.6) is 0 Å². The lowest BCUT2D eigenvalue weighted by Gasteiger charge is -2.37. The smallest absolute Gasteiger partial charge is 0.255 e. The number of carbonyl (C=O) groups excluding carboxylic acids is 1. The zero-order valence-corrected chi connectivity index (χ0v) is 12.9. The average Bonchev–Trinajstić information content (AvgIpc) is 2.57. The van der Waals surface area contributed by atoms with Crippen molar-refractivity contribution in [1.29, 1.82) is 0 Å². The first-order valence-electron chi connectivity index (χ1n) is 7.71. The van der Waals surface area contributed by atoms with Crippen LogP contribution in [0.25, 0.3) is 0 Å². The number of amides is 1. The number of aliphatic hydroxyl groups excluding tert-OH is 1. The van der Waals surface area contributed by atoms with Crippen molar-refractivity contribution in [3.05, 3.63) is 54.0 Å². The fourth-order valence-corrected chi connectivity index (χ4v) is 2.90. The van der Waals surface area contributed by atoms with Gasteiger partial charge < -0.3 is 15.7 Å². The summed E-state index contributed by atoms with van der Waals surface area (Å²) in [6, 6.07) is 8.91. The second-order valence-corrected chi connectivity index (χ2v) is 5.74. The molecule has 6 nitrogen and oxygen atoms in total. The van der Waals surface area contributed by atoms with Crippen LogP contribution in [-0.2, 0) is 0 Å². The van der Waals surface area contributed by atoms with Gasteiger partial charge in [0.25, 0.3) is 5.91 Å². The van der Waals surface area contributed by atoms with E-state index >= 15 is 0 Å². The Morgan fingerprint density at radius 3 is 2.65 bits per heavy atom. The van der Waals surface area contributed by atoms with E-state index in [1.165, 1.54) is 0 Å². The Bertz CT molecular complexity index is 671. The van der Waals surface area contributed by atoms with Crippen molar-refractivity contribution in [3.8, 4) is 0 Å². The molecule has 1 unspecified atom stereocenters. The van der Waals surface area contributed by atoms with Gasteiger partial charge in [-0.25, -0.2) is 4.98 Å². The first-order valence-corrected chi connectivity index (χ1v) is 7.71. The zero-order valence-electron chi connectivity index (χ0n) is 12.9. The van der Waals surface area contributed by atoms with Crippen molar-refractivity contribution in [1.82, 2.24) is 15.3 Å². The number of hydrogen-bond acceptors (Lipinski definition) is 5. The third-order valence-electron chi connectivity index (χ3n) is 4.20. The molecular formula is C17H20N4O2. The van der Waals surface area contributed by atoms with Crippen LogP contribution in [0.3, 0.4) is 0 Å². The molecule has 0 aromatic carbocycles. The van der Waals surface area contributed by atoms with Gasteiger partial charge in [0, 0.05) is 19.4 Å². The van der Waals surface area contributed by atoms with Gasteiger partial charge in [-0.15, -0.1) is 0 Å². The zero-order chi connectivity index (χ0) is 16.2. The molecule has 0 spiro atoms. The van der Waals surface area contributed by atoms with Crippen LogP contribution >= 0.6 is 0 Å². The summed E-state index contributed by atoms with van der Waals surface area (Å²) in [7, 11) is 1.73. The van der Waals surface area contributed by atoms with Crippen LogP contribution in [-0.4, -0.2) is 34.1 Å². The summed E-state index contributed by atoms with van der Waals surface area (Å²) in [4.78, 5) is 21.2. The summed E-state index contributed by atoms with van der Waals surface area (Å²) in [6.45, 7) is 0. The molecule has 0 saturated heterocycles. The average molecular weight is 312 g/mol. The Balaban J connectivity index is 1.82. The summed E-state index contributed by atoms with van der Waals surface area (Å²) >= 11 is 0. The normalized spacial score (nSPS) is 21.1. The van der Waals surface area contributed by atoms with Crippen LogP contribution < -0.4 is 10.6 Å². The van der Waals surface area contributed by atoms with E-state index in [1.807, 2.05) is 18.2 Å². The van der Waals surface area contributed by atoms with Gasteiger partial charge in [0.15, 0.2) is 0 Å². The molecule has 0 aliphatic heterocycles. The van der Waals surface area contributed by atoms with Gasteiger partial charge in [0.05, 0.1) is 23.4 Å². The maximum Gasteiger partial charge on any atom is 0.255 e. The quantitative estimate of drug-likeness (QED) is 0.783. The van der Waals surface area contributed by atoms with Crippen molar-refractivity contribution < 1.29 is 9.90 Å². The van der Waals surface area contributed by atoms with E-state index in [9.17, 15) is 9.90 Å². The molecule has 2 heterocycles. The van der Waals surface area contributed by atoms with Gasteiger partial charge in [0.2, 0.25) is 0 Å². The predicted molar refractivity (Wildman–Crippen MR) is 87.0 cm³/mol. The molecule has 23 heavy (non-hydrogen) atoms. The Kier molecular flexibility index (Phi) is 4.52. The van der Waals surface area contributed by atoms with E-state index in [-0.39, 0.29) is 24.0 Å². The van der Waals surface area contributed by atoms with Crippen LogP contribution in [0.2, 0.25) is 0 Å². The van der Waals surface area contributed by atoms with Crippen molar-refractivity contribution in [3.63, 3.8) is 0 Å². The lowest BCUT2D eigenvalue weighted by atomic mass is 9.76. The Labute approximate surface area is 135 Å². The first-order chi connectivity index (χ1) is 11.2. The van der Waals surface area contributed by atoms with Gasteiger partial charge in [-0.05, 0) is 43.0 Å². The van der Waals surface area contributed by atoms with Gasteiger partial charge in [-0.1, -0.05) is 6.07 Å². The van der Waals surface area contributed by atoms with Crippen molar-refractivity contribution >= 4 is 11.7 Å². The number of nitrogens with one attached hydrogen (secondary N) is 2. The molecule has 0 radical (unpaired) electrons. The molecule has 1 amide bonds. The molecule has 2 aromatic rings. The van der Waals surface area contributed by atoms with Gasteiger partial charge in [-0.3, -0.25) is 9.78 Å². The number of aliphatic hydroxyl groups is 1. The minimum absolute atomic E-state index is 0.193. The number of aromatic nitrogens is 2. The lowest BCUT2D eigenvalue weighted by Crippen LogP contribution is -2.42. The molecule has 2 aromatic heterocycles. The van der Waals surface area contributed by atoms with E-state index < -0.39 is 0 Å². The third-order valence-corrected chi connectivity index (χ3v) is 4.20. The molecule has 3 rings (SSSR count). The molecule has 1 aliphatic carbocycles. The molecule has 1 aliphatic rings. The van der Waals surface area contributed by atoms with Gasteiger partial charge in [0.1, 0.15) is 5.82 Å². The fourth-order valence-electron chi connectivity index (χ4n) is 2.90. The number of anilines is 1. The maximum atomic E-state index is 12.7. The Morgan fingerprint density at radius 1 is 1.22 bits per heavy atom. The van der Waals surface area contributed by atoms with E-state index in [4.69, 9.17) is 0 Å². The monoisotopic (exact) mass is 312 g/mol. The molecule has 1 saturated carbocycles. The van der Waals surface area contributed by atoms with E-state index in [0.717, 1.165) is 5.69 Å². The van der Waals surface area contributed by atoms with Crippen molar-refractivity contribution in [2.45, 2.75) is 25.0 Å². The summed E-state index contributed by atoms with van der Waals surface area (Å²) in [5, 5.41) is 15.6. The minimum Gasteiger partial charge on any atom is -0.393 e. The second kappa shape index (κ2) is 6.75. The Hall–Kier alpha value is -2.47. The third kappa shape index (κ3) is 3.32. The number of carbonyl (C=O) groups is 1. The van der Waals surface area contributed by atoms with Crippen LogP contribution in [0.15, 0.2) is 42.7 Å². The summed E-state index contributed by atoms with van der Waals surface area (Å²) < 4.78 is 0. The molecular weight excluding hydrogens is 292 g/mol. The molecule has 1 atom stereocenters. The number of rotatable bonds is 5. The highest BCUT2D eigenvalue weighted by molar-refractivity contribution is 5.98. The molecule has 3 N–H and O–H groups in total.